The molecule has 4 nitrogen and oxygen atoms in total. The Kier molecular flexibility index (Phi) is 7.45. The minimum absolute atomic E-state index is 0.0481. The van der Waals surface area contributed by atoms with Gasteiger partial charge in [-0.2, -0.15) is 0 Å². The number of likely N-dealkylation sites (tertiary alicyclic amines) is 2. The van der Waals surface area contributed by atoms with E-state index < -0.39 is 0 Å². The molecule has 3 rings (SSSR count). The summed E-state index contributed by atoms with van der Waals surface area (Å²) in [7, 11) is 0. The van der Waals surface area contributed by atoms with Crippen molar-refractivity contribution in [2.24, 2.45) is 0 Å². The lowest BCUT2D eigenvalue weighted by Crippen LogP contribution is -2.46. The van der Waals surface area contributed by atoms with Gasteiger partial charge in [0.25, 0.3) is 0 Å². The molecule has 1 aromatic carbocycles. The highest BCUT2D eigenvalue weighted by Gasteiger charge is 2.37. The van der Waals surface area contributed by atoms with Gasteiger partial charge in [0, 0.05) is 31.5 Å². The van der Waals surface area contributed by atoms with Crippen LogP contribution in [-0.2, 0) is 16.1 Å². The van der Waals surface area contributed by atoms with E-state index in [9.17, 15) is 9.59 Å². The predicted molar refractivity (Wildman–Crippen MR) is 108 cm³/mol. The number of amides is 2. The Morgan fingerprint density at radius 1 is 1.04 bits per heavy atom. The van der Waals surface area contributed by atoms with Crippen LogP contribution in [0.25, 0.3) is 0 Å². The van der Waals surface area contributed by atoms with Crippen molar-refractivity contribution in [2.75, 3.05) is 6.54 Å². The van der Waals surface area contributed by atoms with Crippen LogP contribution in [0, 0.1) is 0 Å². The zero-order valence-electron chi connectivity index (χ0n) is 16.7. The normalized spacial score (nSPS) is 22.4. The van der Waals surface area contributed by atoms with E-state index in [0.29, 0.717) is 18.9 Å². The molecule has 27 heavy (non-hydrogen) atoms. The second kappa shape index (κ2) is 10.0. The Bertz CT molecular complexity index is 600. The molecule has 0 aliphatic carbocycles. The lowest BCUT2D eigenvalue weighted by atomic mass is 9.92. The molecule has 0 spiro atoms. The molecule has 2 amide bonds. The van der Waals surface area contributed by atoms with Gasteiger partial charge in [-0.05, 0) is 37.8 Å². The summed E-state index contributed by atoms with van der Waals surface area (Å²) in [5, 5.41) is 0. The third-order valence-corrected chi connectivity index (χ3v) is 6.12. The Balaban J connectivity index is 1.69. The van der Waals surface area contributed by atoms with Gasteiger partial charge in [-0.1, -0.05) is 62.9 Å². The molecule has 0 bridgehead atoms. The van der Waals surface area contributed by atoms with E-state index in [4.69, 9.17) is 0 Å². The van der Waals surface area contributed by atoms with Crippen LogP contribution in [0.15, 0.2) is 30.3 Å². The summed E-state index contributed by atoms with van der Waals surface area (Å²) >= 11 is 0. The number of rotatable bonds is 9. The summed E-state index contributed by atoms with van der Waals surface area (Å²) in [6, 6.07) is 11.2. The van der Waals surface area contributed by atoms with Crippen molar-refractivity contribution in [3.8, 4) is 0 Å². The van der Waals surface area contributed by atoms with Crippen molar-refractivity contribution in [2.45, 2.75) is 89.8 Å². The number of carbonyl (C=O) groups excluding carboxylic acids is 2. The molecule has 2 aliphatic rings. The molecule has 2 atom stereocenters. The molecule has 0 saturated carbocycles. The minimum atomic E-state index is 0.0481. The van der Waals surface area contributed by atoms with E-state index in [-0.39, 0.29) is 17.9 Å². The van der Waals surface area contributed by atoms with Crippen LogP contribution < -0.4 is 0 Å². The van der Waals surface area contributed by atoms with Gasteiger partial charge >= 0.3 is 0 Å². The van der Waals surface area contributed by atoms with Crippen LogP contribution in [0.4, 0.5) is 0 Å². The van der Waals surface area contributed by atoms with Crippen LogP contribution in [0.1, 0.15) is 76.7 Å². The van der Waals surface area contributed by atoms with Crippen molar-refractivity contribution in [3.63, 3.8) is 0 Å². The first-order chi connectivity index (χ1) is 13.2. The molecule has 2 fully saturated rings. The van der Waals surface area contributed by atoms with Crippen LogP contribution >= 0.6 is 0 Å². The summed E-state index contributed by atoms with van der Waals surface area (Å²) in [6.07, 6.45) is 9.81. The highest BCUT2D eigenvalue weighted by molar-refractivity contribution is 6.02. The fraction of sp³-hybridized carbons (Fsp3) is 0.652. The first-order valence-electron chi connectivity index (χ1n) is 10.8. The van der Waals surface area contributed by atoms with Gasteiger partial charge in [0.2, 0.25) is 11.8 Å². The lowest BCUT2D eigenvalue weighted by Gasteiger charge is -2.39. The first kappa shape index (κ1) is 20.1. The molecule has 4 heteroatoms. The maximum Gasteiger partial charge on any atom is 0.229 e. The van der Waals surface area contributed by atoms with E-state index in [1.807, 2.05) is 0 Å². The molecule has 1 aromatic rings. The van der Waals surface area contributed by atoms with E-state index in [0.717, 1.165) is 38.8 Å². The number of hydrogen-bond acceptors (Lipinski definition) is 3. The zero-order valence-corrected chi connectivity index (χ0v) is 16.7. The van der Waals surface area contributed by atoms with Crippen LogP contribution in [-0.4, -0.2) is 40.2 Å². The van der Waals surface area contributed by atoms with Gasteiger partial charge in [-0.3, -0.25) is 19.4 Å². The SMILES string of the molecule is CCCCC[C@@H](C[C@H]1CCCCN1Cc1ccccc1)N1C(=O)CCC1=O. The summed E-state index contributed by atoms with van der Waals surface area (Å²) in [5.74, 6) is 0.0961. The quantitative estimate of drug-likeness (QED) is 0.474. The number of nitrogens with zero attached hydrogens (tertiary/aromatic N) is 2. The average molecular weight is 371 g/mol. The number of carbonyl (C=O) groups is 2. The topological polar surface area (TPSA) is 40.6 Å². The Morgan fingerprint density at radius 3 is 2.48 bits per heavy atom. The summed E-state index contributed by atoms with van der Waals surface area (Å²) < 4.78 is 0. The van der Waals surface area contributed by atoms with E-state index >= 15 is 0 Å². The summed E-state index contributed by atoms with van der Waals surface area (Å²) in [4.78, 5) is 28.9. The van der Waals surface area contributed by atoms with Crippen molar-refractivity contribution in [3.05, 3.63) is 35.9 Å². The second-order valence-corrected chi connectivity index (χ2v) is 8.15. The summed E-state index contributed by atoms with van der Waals surface area (Å²) in [6.45, 7) is 4.28. The number of imide groups is 1. The van der Waals surface area contributed by atoms with Crippen LogP contribution in [0.2, 0.25) is 0 Å². The second-order valence-electron chi connectivity index (χ2n) is 8.15. The van der Waals surface area contributed by atoms with E-state index in [1.54, 1.807) is 4.90 Å². The molecular formula is C23H34N2O2. The number of hydrogen-bond donors (Lipinski definition) is 0. The van der Waals surface area contributed by atoms with E-state index in [1.165, 1.54) is 31.2 Å². The van der Waals surface area contributed by atoms with Gasteiger partial charge in [0.05, 0.1) is 0 Å². The van der Waals surface area contributed by atoms with Gasteiger partial charge in [-0.15, -0.1) is 0 Å². The smallest absolute Gasteiger partial charge is 0.229 e. The minimum Gasteiger partial charge on any atom is -0.296 e. The summed E-state index contributed by atoms with van der Waals surface area (Å²) in [5.41, 5.74) is 1.35. The number of piperidine rings is 1. The third-order valence-electron chi connectivity index (χ3n) is 6.12. The molecule has 2 heterocycles. The van der Waals surface area contributed by atoms with Gasteiger partial charge in [-0.25, -0.2) is 0 Å². The van der Waals surface area contributed by atoms with Crippen LogP contribution in [0.5, 0.6) is 0 Å². The average Bonchev–Trinajstić information content (AvgIpc) is 3.02. The molecule has 2 saturated heterocycles. The highest BCUT2D eigenvalue weighted by atomic mass is 16.2. The fourth-order valence-electron chi connectivity index (χ4n) is 4.65. The monoisotopic (exact) mass is 370 g/mol. The van der Waals surface area contributed by atoms with Crippen LogP contribution in [0.3, 0.4) is 0 Å². The number of unbranched alkanes of at least 4 members (excludes halogenated alkanes) is 2. The molecule has 0 N–H and O–H groups in total. The van der Waals surface area contributed by atoms with Crippen molar-refractivity contribution in [1.82, 2.24) is 9.80 Å². The molecule has 0 unspecified atom stereocenters. The Morgan fingerprint density at radius 2 is 1.78 bits per heavy atom. The first-order valence-corrected chi connectivity index (χ1v) is 10.8. The molecule has 0 radical (unpaired) electrons. The number of benzene rings is 1. The maximum atomic E-state index is 12.4. The zero-order chi connectivity index (χ0) is 19.1. The third kappa shape index (κ3) is 5.41. The highest BCUT2D eigenvalue weighted by Crippen LogP contribution is 2.29. The van der Waals surface area contributed by atoms with Crippen molar-refractivity contribution < 1.29 is 9.59 Å². The standard InChI is InChI=1S/C23H34N2O2/c1-2-3-5-13-21(25-22(26)14-15-23(25)27)17-20-12-8-9-16-24(20)18-19-10-6-4-7-11-19/h4,6-7,10-11,20-21H,2-3,5,8-9,12-18H2,1H3/t20-,21+/m1/s1. The molecule has 148 valence electrons. The maximum absolute atomic E-state index is 12.4. The largest absolute Gasteiger partial charge is 0.296 e. The van der Waals surface area contributed by atoms with E-state index in [2.05, 4.69) is 42.2 Å². The lowest BCUT2D eigenvalue weighted by molar-refractivity contribution is -0.141. The van der Waals surface area contributed by atoms with Crippen molar-refractivity contribution in [1.29, 1.82) is 0 Å². The molecule has 2 aliphatic heterocycles. The molecule has 0 aromatic heterocycles. The predicted octanol–water partition coefficient (Wildman–Crippen LogP) is 4.53. The molecular weight excluding hydrogens is 336 g/mol. The van der Waals surface area contributed by atoms with Gasteiger partial charge < -0.3 is 0 Å². The fourth-order valence-corrected chi connectivity index (χ4v) is 4.65. The van der Waals surface area contributed by atoms with Gasteiger partial charge in [0.1, 0.15) is 0 Å². The van der Waals surface area contributed by atoms with Gasteiger partial charge in [0.15, 0.2) is 0 Å². The Labute approximate surface area is 163 Å². The Hall–Kier alpha value is -1.68. The van der Waals surface area contributed by atoms with Crippen molar-refractivity contribution >= 4 is 11.8 Å².